The quantitative estimate of drug-likeness (QED) is 0.858. The van der Waals surface area contributed by atoms with Crippen LogP contribution in [0.15, 0.2) is 24.7 Å². The van der Waals surface area contributed by atoms with Crippen LogP contribution >= 0.6 is 0 Å². The first kappa shape index (κ1) is 17.5. The molecule has 0 unspecified atom stereocenters. The molecule has 0 radical (unpaired) electrons. The summed E-state index contributed by atoms with van der Waals surface area (Å²) in [5, 5.41) is 0. The predicted molar refractivity (Wildman–Crippen MR) is 69.6 cm³/mol. The number of aromatic nitrogens is 3. The number of pyridine rings is 1. The fourth-order valence-electron chi connectivity index (χ4n) is 1.74. The third kappa shape index (κ3) is 4.12. The maximum atomic E-state index is 12.9. The van der Waals surface area contributed by atoms with Gasteiger partial charge in [-0.1, -0.05) is 0 Å². The average Bonchev–Trinajstić information content (AvgIpc) is 2.51. The molecule has 1 amide bonds. The molecule has 0 bridgehead atoms. The van der Waals surface area contributed by atoms with Crippen molar-refractivity contribution >= 4 is 6.09 Å². The van der Waals surface area contributed by atoms with E-state index in [1.807, 2.05) is 0 Å². The number of carbonyl (C=O) groups is 1. The minimum Gasteiger partial charge on any atom is -0.445 e. The lowest BCUT2D eigenvalue weighted by Gasteiger charge is -2.11. The normalized spacial score (nSPS) is 11.6. The van der Waals surface area contributed by atoms with Crippen LogP contribution in [-0.4, -0.2) is 21.0 Å². The zero-order valence-corrected chi connectivity index (χ0v) is 11.7. The third-order valence-corrected chi connectivity index (χ3v) is 2.83. The molecular weight excluding hydrogens is 339 g/mol. The molecule has 0 aliphatic heterocycles. The standard InChI is InChI=1S/C13H9F5N4O2/c14-10(15)8-4-20-9(1-6(8)5-24-12(19)23)7-2-21-11(22-3-7)13(16,17)18/h1-4,10H,5H2,(H2,19,23). The van der Waals surface area contributed by atoms with Gasteiger partial charge in [-0.05, 0) is 6.07 Å². The van der Waals surface area contributed by atoms with E-state index in [4.69, 9.17) is 5.73 Å². The zero-order valence-electron chi connectivity index (χ0n) is 11.7. The number of amides is 1. The van der Waals surface area contributed by atoms with E-state index in [0.717, 1.165) is 24.7 Å². The number of carbonyl (C=O) groups excluding carboxylic acids is 1. The van der Waals surface area contributed by atoms with Gasteiger partial charge in [-0.15, -0.1) is 0 Å². The lowest BCUT2D eigenvalue weighted by molar-refractivity contribution is -0.144. The SMILES string of the molecule is NC(=O)OCc1cc(-c2cnc(C(F)(F)F)nc2)ncc1C(F)F. The summed E-state index contributed by atoms with van der Waals surface area (Å²) in [5.41, 5.74) is 4.31. The van der Waals surface area contributed by atoms with Crippen LogP contribution in [0.3, 0.4) is 0 Å². The van der Waals surface area contributed by atoms with E-state index in [-0.39, 0.29) is 16.8 Å². The molecule has 2 aromatic rings. The number of primary amides is 1. The van der Waals surface area contributed by atoms with E-state index < -0.39 is 36.7 Å². The van der Waals surface area contributed by atoms with Gasteiger partial charge < -0.3 is 10.5 Å². The first-order valence-electron chi connectivity index (χ1n) is 6.27. The van der Waals surface area contributed by atoms with Crippen molar-refractivity contribution in [3.8, 4) is 11.3 Å². The van der Waals surface area contributed by atoms with Crippen LogP contribution in [0.25, 0.3) is 11.3 Å². The molecule has 11 heteroatoms. The fourth-order valence-corrected chi connectivity index (χ4v) is 1.74. The number of rotatable bonds is 4. The number of hydrogen-bond donors (Lipinski definition) is 1. The number of nitrogens with two attached hydrogens (primary N) is 1. The fraction of sp³-hybridized carbons (Fsp3) is 0.231. The van der Waals surface area contributed by atoms with E-state index in [1.165, 1.54) is 0 Å². The first-order valence-corrected chi connectivity index (χ1v) is 6.27. The Balaban J connectivity index is 2.36. The van der Waals surface area contributed by atoms with Crippen LogP contribution in [0.4, 0.5) is 26.7 Å². The van der Waals surface area contributed by atoms with Crippen molar-refractivity contribution in [2.45, 2.75) is 19.2 Å². The summed E-state index contributed by atoms with van der Waals surface area (Å²) in [6.07, 6.45) is -6.20. The van der Waals surface area contributed by atoms with Gasteiger partial charge in [-0.2, -0.15) is 13.2 Å². The third-order valence-electron chi connectivity index (χ3n) is 2.83. The summed E-state index contributed by atoms with van der Waals surface area (Å²) in [6, 6.07) is 1.14. The summed E-state index contributed by atoms with van der Waals surface area (Å²) >= 11 is 0. The Hall–Kier alpha value is -2.85. The first-order chi connectivity index (χ1) is 11.2. The molecule has 0 fully saturated rings. The van der Waals surface area contributed by atoms with E-state index >= 15 is 0 Å². The molecule has 24 heavy (non-hydrogen) atoms. The Labute approximate surface area is 131 Å². The topological polar surface area (TPSA) is 91.0 Å². The molecule has 0 atom stereocenters. The predicted octanol–water partition coefficient (Wildman–Crippen LogP) is 3.09. The van der Waals surface area contributed by atoms with Crippen LogP contribution < -0.4 is 5.73 Å². The van der Waals surface area contributed by atoms with Gasteiger partial charge >= 0.3 is 12.3 Å². The number of hydrogen-bond acceptors (Lipinski definition) is 5. The minimum absolute atomic E-state index is 0.0381. The molecule has 6 nitrogen and oxygen atoms in total. The van der Waals surface area contributed by atoms with Crippen molar-refractivity contribution < 1.29 is 31.5 Å². The van der Waals surface area contributed by atoms with Gasteiger partial charge in [0.25, 0.3) is 6.43 Å². The lowest BCUT2D eigenvalue weighted by atomic mass is 10.1. The van der Waals surface area contributed by atoms with Gasteiger partial charge in [-0.25, -0.2) is 23.5 Å². The van der Waals surface area contributed by atoms with Crippen LogP contribution in [0, 0.1) is 0 Å². The molecule has 0 aliphatic rings. The van der Waals surface area contributed by atoms with E-state index in [9.17, 15) is 26.7 Å². The van der Waals surface area contributed by atoms with Crippen molar-refractivity contribution in [3.05, 3.63) is 41.6 Å². The number of nitrogens with zero attached hydrogens (tertiary/aromatic N) is 3. The van der Waals surface area contributed by atoms with Crippen LogP contribution in [0.2, 0.25) is 0 Å². The Morgan fingerprint density at radius 3 is 2.29 bits per heavy atom. The molecule has 2 heterocycles. The van der Waals surface area contributed by atoms with Gasteiger partial charge in [0.1, 0.15) is 6.61 Å². The number of halogens is 5. The number of ether oxygens (including phenoxy) is 1. The molecule has 0 aliphatic carbocycles. The van der Waals surface area contributed by atoms with E-state index in [0.29, 0.717) is 0 Å². The molecule has 0 aromatic carbocycles. The van der Waals surface area contributed by atoms with Gasteiger partial charge in [0, 0.05) is 35.3 Å². The summed E-state index contributed by atoms with van der Waals surface area (Å²) in [5.74, 6) is -1.34. The lowest BCUT2D eigenvalue weighted by Crippen LogP contribution is -2.13. The largest absolute Gasteiger partial charge is 0.451 e. The second kappa shape index (κ2) is 6.72. The Bertz CT molecular complexity index is 734. The summed E-state index contributed by atoms with van der Waals surface area (Å²) in [7, 11) is 0. The van der Waals surface area contributed by atoms with Crippen LogP contribution in [-0.2, 0) is 17.5 Å². The van der Waals surface area contributed by atoms with E-state index in [2.05, 4.69) is 19.7 Å². The second-order valence-electron chi connectivity index (χ2n) is 4.47. The smallest absolute Gasteiger partial charge is 0.445 e. The van der Waals surface area contributed by atoms with Crippen LogP contribution in [0.5, 0.6) is 0 Å². The average molecular weight is 348 g/mol. The highest BCUT2D eigenvalue weighted by Crippen LogP contribution is 2.29. The maximum Gasteiger partial charge on any atom is 0.451 e. The molecule has 128 valence electrons. The highest BCUT2D eigenvalue weighted by molar-refractivity contribution is 5.65. The van der Waals surface area contributed by atoms with Crippen molar-refractivity contribution in [3.63, 3.8) is 0 Å². The summed E-state index contributed by atoms with van der Waals surface area (Å²) in [6.45, 7) is -0.536. The van der Waals surface area contributed by atoms with Crippen LogP contribution in [0.1, 0.15) is 23.4 Å². The van der Waals surface area contributed by atoms with Gasteiger partial charge in [0.05, 0.1) is 5.69 Å². The van der Waals surface area contributed by atoms with Crippen molar-refractivity contribution in [1.29, 1.82) is 0 Å². The van der Waals surface area contributed by atoms with Gasteiger partial charge in [-0.3, -0.25) is 4.98 Å². The summed E-state index contributed by atoms with van der Waals surface area (Å²) < 4.78 is 67.5. The van der Waals surface area contributed by atoms with Crippen molar-refractivity contribution in [2.24, 2.45) is 5.73 Å². The maximum absolute atomic E-state index is 12.9. The molecule has 2 rings (SSSR count). The molecule has 2 aromatic heterocycles. The number of alkyl halides is 5. The van der Waals surface area contributed by atoms with E-state index in [1.54, 1.807) is 0 Å². The molecule has 2 N–H and O–H groups in total. The zero-order chi connectivity index (χ0) is 17.9. The van der Waals surface area contributed by atoms with Crippen molar-refractivity contribution in [2.75, 3.05) is 0 Å². The second-order valence-corrected chi connectivity index (χ2v) is 4.47. The Morgan fingerprint density at radius 1 is 1.17 bits per heavy atom. The summed E-state index contributed by atoms with van der Waals surface area (Å²) in [4.78, 5) is 20.7. The molecule has 0 saturated heterocycles. The monoisotopic (exact) mass is 348 g/mol. The molecule has 0 saturated carbocycles. The Morgan fingerprint density at radius 2 is 1.79 bits per heavy atom. The Kier molecular flexibility index (Phi) is 4.90. The van der Waals surface area contributed by atoms with Crippen molar-refractivity contribution in [1.82, 2.24) is 15.0 Å². The van der Waals surface area contributed by atoms with Gasteiger partial charge in [0.15, 0.2) is 0 Å². The highest BCUT2D eigenvalue weighted by Gasteiger charge is 2.34. The molecule has 0 spiro atoms. The minimum atomic E-state index is -4.70. The highest BCUT2D eigenvalue weighted by atomic mass is 19.4. The van der Waals surface area contributed by atoms with Gasteiger partial charge in [0.2, 0.25) is 5.82 Å². The molecular formula is C13H9F5N4O2.